The van der Waals surface area contributed by atoms with E-state index in [-0.39, 0.29) is 11.7 Å². The maximum Gasteiger partial charge on any atom is 0.220 e. The number of thiazole rings is 1. The number of hydrogen-bond donors (Lipinski definition) is 1. The summed E-state index contributed by atoms with van der Waals surface area (Å²) in [7, 11) is 1.64. The third-order valence-electron chi connectivity index (χ3n) is 3.88. The molecule has 0 aliphatic carbocycles. The predicted octanol–water partition coefficient (Wildman–Crippen LogP) is 4.21. The second kappa shape index (κ2) is 8.58. The van der Waals surface area contributed by atoms with Crippen LogP contribution in [0.15, 0.2) is 53.9 Å². The van der Waals surface area contributed by atoms with E-state index in [1.54, 1.807) is 30.6 Å². The molecule has 0 saturated carbocycles. The lowest BCUT2D eigenvalue weighted by Crippen LogP contribution is -2.23. The zero-order valence-corrected chi connectivity index (χ0v) is 15.2. The summed E-state index contributed by atoms with van der Waals surface area (Å²) in [6.07, 6.45) is 0.943. The second-order valence-electron chi connectivity index (χ2n) is 5.78. The lowest BCUT2D eigenvalue weighted by Gasteiger charge is -2.04. The van der Waals surface area contributed by atoms with Gasteiger partial charge >= 0.3 is 0 Å². The normalized spacial score (nSPS) is 10.5. The van der Waals surface area contributed by atoms with Crippen LogP contribution in [-0.4, -0.2) is 18.0 Å². The number of nitrogens with one attached hydrogen (secondary N) is 1. The summed E-state index contributed by atoms with van der Waals surface area (Å²) in [6.45, 7) is 0.394. The molecule has 0 fully saturated rings. The van der Waals surface area contributed by atoms with E-state index in [9.17, 15) is 9.18 Å². The van der Waals surface area contributed by atoms with Crippen molar-refractivity contribution >= 4 is 17.2 Å². The molecule has 0 bridgehead atoms. The van der Waals surface area contributed by atoms with Crippen molar-refractivity contribution in [2.45, 2.75) is 19.4 Å². The van der Waals surface area contributed by atoms with Crippen molar-refractivity contribution in [3.8, 4) is 16.3 Å². The molecule has 1 aromatic heterocycles. The Morgan fingerprint density at radius 1 is 1.23 bits per heavy atom. The zero-order valence-electron chi connectivity index (χ0n) is 14.4. The molecule has 6 heteroatoms. The summed E-state index contributed by atoms with van der Waals surface area (Å²) < 4.78 is 18.1. The number of amides is 1. The number of methoxy groups -OCH3 is 1. The lowest BCUT2D eigenvalue weighted by molar-refractivity contribution is -0.121. The summed E-state index contributed by atoms with van der Waals surface area (Å²) in [5.74, 6) is 0.458. The minimum absolute atomic E-state index is 0.0507. The average molecular weight is 370 g/mol. The maximum absolute atomic E-state index is 12.9. The van der Waals surface area contributed by atoms with Gasteiger partial charge in [-0.2, -0.15) is 0 Å². The summed E-state index contributed by atoms with van der Waals surface area (Å²) in [4.78, 5) is 16.6. The number of aromatic nitrogens is 1. The number of carbonyl (C=O) groups excluding carboxylic acids is 1. The molecule has 1 N–H and O–H groups in total. The Morgan fingerprint density at radius 3 is 2.81 bits per heavy atom. The number of carbonyl (C=O) groups is 1. The molecule has 0 spiro atoms. The summed E-state index contributed by atoms with van der Waals surface area (Å²) in [6, 6.07) is 13.8. The molecular weight excluding hydrogens is 351 g/mol. The average Bonchev–Trinajstić information content (AvgIpc) is 3.15. The highest BCUT2D eigenvalue weighted by Gasteiger charge is 2.08. The molecular formula is C20H19FN2O2S. The van der Waals surface area contributed by atoms with Crippen molar-refractivity contribution in [1.82, 2.24) is 10.3 Å². The molecule has 3 aromatic rings. The van der Waals surface area contributed by atoms with Crippen LogP contribution in [0, 0.1) is 5.82 Å². The van der Waals surface area contributed by atoms with Crippen LogP contribution in [0.1, 0.15) is 17.7 Å². The summed E-state index contributed by atoms with van der Waals surface area (Å²) in [5.41, 5.74) is 2.76. The molecule has 3 rings (SSSR count). The van der Waals surface area contributed by atoms with Crippen molar-refractivity contribution in [3.05, 3.63) is 71.0 Å². The van der Waals surface area contributed by atoms with Crippen molar-refractivity contribution in [2.24, 2.45) is 0 Å². The van der Waals surface area contributed by atoms with Crippen LogP contribution >= 0.6 is 11.3 Å². The standard InChI is InChI=1S/C20H19FN2O2S/c1-25-18-4-2-3-15(11-18)20-23-17(13-26-20)9-10-19(24)22-12-14-5-7-16(21)8-6-14/h2-8,11,13H,9-10,12H2,1H3,(H,22,24). The van der Waals surface area contributed by atoms with Gasteiger partial charge < -0.3 is 10.1 Å². The summed E-state index contributed by atoms with van der Waals surface area (Å²) >= 11 is 1.55. The van der Waals surface area contributed by atoms with Crippen LogP contribution < -0.4 is 10.1 Å². The van der Waals surface area contributed by atoms with Crippen LogP contribution in [0.2, 0.25) is 0 Å². The SMILES string of the molecule is COc1cccc(-c2nc(CCC(=O)NCc3ccc(F)cc3)cs2)c1. The van der Waals surface area contributed by atoms with Gasteiger partial charge in [-0.05, 0) is 36.2 Å². The number of benzene rings is 2. The predicted molar refractivity (Wildman–Crippen MR) is 101 cm³/mol. The van der Waals surface area contributed by atoms with Crippen LogP contribution in [0.4, 0.5) is 4.39 Å². The van der Waals surface area contributed by atoms with Crippen LogP contribution in [0.3, 0.4) is 0 Å². The number of nitrogens with zero attached hydrogens (tertiary/aromatic N) is 1. The van der Waals surface area contributed by atoms with Crippen LogP contribution in [-0.2, 0) is 17.8 Å². The largest absolute Gasteiger partial charge is 0.497 e. The Labute approximate surface area is 155 Å². The van der Waals surface area contributed by atoms with E-state index >= 15 is 0 Å². The lowest BCUT2D eigenvalue weighted by atomic mass is 10.2. The van der Waals surface area contributed by atoms with Gasteiger partial charge in [-0.1, -0.05) is 24.3 Å². The molecule has 1 heterocycles. The van der Waals surface area contributed by atoms with E-state index in [1.807, 2.05) is 29.6 Å². The molecule has 0 atom stereocenters. The van der Waals surface area contributed by atoms with Crippen molar-refractivity contribution in [2.75, 3.05) is 7.11 Å². The Kier molecular flexibility index (Phi) is 5.96. The van der Waals surface area contributed by atoms with Gasteiger partial charge in [0, 0.05) is 23.9 Å². The molecule has 0 aliphatic heterocycles. The Balaban J connectivity index is 1.51. The molecule has 0 radical (unpaired) electrons. The minimum atomic E-state index is -0.282. The van der Waals surface area contributed by atoms with E-state index in [4.69, 9.17) is 4.74 Å². The Bertz CT molecular complexity index is 878. The molecule has 134 valence electrons. The van der Waals surface area contributed by atoms with E-state index in [2.05, 4.69) is 10.3 Å². The first-order chi connectivity index (χ1) is 12.6. The quantitative estimate of drug-likeness (QED) is 0.678. The van der Waals surface area contributed by atoms with Crippen molar-refractivity contribution in [3.63, 3.8) is 0 Å². The zero-order chi connectivity index (χ0) is 18.4. The van der Waals surface area contributed by atoms with Gasteiger partial charge in [0.05, 0.1) is 12.8 Å². The van der Waals surface area contributed by atoms with Gasteiger partial charge in [0.15, 0.2) is 0 Å². The highest BCUT2D eigenvalue weighted by Crippen LogP contribution is 2.27. The third kappa shape index (κ3) is 4.89. The van der Waals surface area contributed by atoms with Gasteiger partial charge in [-0.15, -0.1) is 11.3 Å². The number of halogens is 1. The molecule has 4 nitrogen and oxygen atoms in total. The van der Waals surface area contributed by atoms with E-state index in [0.29, 0.717) is 19.4 Å². The van der Waals surface area contributed by atoms with Gasteiger partial charge in [-0.25, -0.2) is 9.37 Å². The highest BCUT2D eigenvalue weighted by atomic mass is 32.1. The van der Waals surface area contributed by atoms with Gasteiger partial charge in [0.2, 0.25) is 5.91 Å². The maximum atomic E-state index is 12.9. The van der Waals surface area contributed by atoms with E-state index < -0.39 is 0 Å². The Hall–Kier alpha value is -2.73. The fourth-order valence-corrected chi connectivity index (χ4v) is 3.29. The highest BCUT2D eigenvalue weighted by molar-refractivity contribution is 7.13. The topological polar surface area (TPSA) is 51.2 Å². The fraction of sp³-hybridized carbons (Fsp3) is 0.200. The summed E-state index contributed by atoms with van der Waals surface area (Å²) in [5, 5.41) is 5.72. The number of aryl methyl sites for hydroxylation is 1. The van der Waals surface area contributed by atoms with Crippen molar-refractivity contribution in [1.29, 1.82) is 0 Å². The first-order valence-electron chi connectivity index (χ1n) is 8.24. The van der Waals surface area contributed by atoms with Crippen molar-refractivity contribution < 1.29 is 13.9 Å². The monoisotopic (exact) mass is 370 g/mol. The number of rotatable bonds is 7. The van der Waals surface area contributed by atoms with Crippen LogP contribution in [0.5, 0.6) is 5.75 Å². The molecule has 26 heavy (non-hydrogen) atoms. The molecule has 1 amide bonds. The fourth-order valence-electron chi connectivity index (χ4n) is 2.44. The first-order valence-corrected chi connectivity index (χ1v) is 9.12. The molecule has 0 unspecified atom stereocenters. The van der Waals surface area contributed by atoms with E-state index in [1.165, 1.54) is 12.1 Å². The van der Waals surface area contributed by atoms with Gasteiger partial charge in [0.1, 0.15) is 16.6 Å². The molecule has 2 aromatic carbocycles. The number of ether oxygens (including phenoxy) is 1. The Morgan fingerprint density at radius 2 is 2.04 bits per heavy atom. The molecule has 0 aliphatic rings. The third-order valence-corrected chi connectivity index (χ3v) is 4.82. The van der Waals surface area contributed by atoms with Gasteiger partial charge in [0.25, 0.3) is 0 Å². The van der Waals surface area contributed by atoms with Crippen LogP contribution in [0.25, 0.3) is 10.6 Å². The minimum Gasteiger partial charge on any atom is -0.497 e. The first kappa shape index (κ1) is 18.1. The second-order valence-corrected chi connectivity index (χ2v) is 6.64. The number of hydrogen-bond acceptors (Lipinski definition) is 4. The smallest absolute Gasteiger partial charge is 0.220 e. The molecule has 0 saturated heterocycles. The van der Waals surface area contributed by atoms with E-state index in [0.717, 1.165) is 27.6 Å². The van der Waals surface area contributed by atoms with Gasteiger partial charge in [-0.3, -0.25) is 4.79 Å².